The highest BCUT2D eigenvalue weighted by Crippen LogP contribution is 2.23. The Morgan fingerprint density at radius 2 is 1.87 bits per heavy atom. The van der Waals surface area contributed by atoms with Crippen molar-refractivity contribution < 1.29 is 0 Å². The predicted octanol–water partition coefficient (Wildman–Crippen LogP) is 4.25. The number of hydrogen-bond donors (Lipinski definition) is 1. The highest BCUT2D eigenvalue weighted by atomic mass is 35.5. The van der Waals surface area contributed by atoms with E-state index in [9.17, 15) is 4.79 Å². The molecule has 0 spiro atoms. The number of aromatic nitrogens is 6. The van der Waals surface area contributed by atoms with Crippen LogP contribution in [-0.2, 0) is 18.7 Å². The molecule has 2 aromatic carbocycles. The number of H-pyrrole nitrogens is 1. The molecule has 154 valence electrons. The van der Waals surface area contributed by atoms with Gasteiger partial charge in [-0.15, -0.1) is 0 Å². The van der Waals surface area contributed by atoms with Crippen LogP contribution >= 0.6 is 23.4 Å². The van der Waals surface area contributed by atoms with Gasteiger partial charge in [0.25, 0.3) is 5.56 Å². The van der Waals surface area contributed by atoms with Crippen LogP contribution in [0.25, 0.3) is 22.2 Å². The second-order valence-corrected chi connectivity index (χ2v) is 8.33. The number of aromatic amines is 1. The summed E-state index contributed by atoms with van der Waals surface area (Å²) in [5, 5.41) is 1.23. The van der Waals surface area contributed by atoms with E-state index >= 15 is 0 Å². The summed E-state index contributed by atoms with van der Waals surface area (Å²) in [5.41, 5.74) is 3.31. The smallest absolute Gasteiger partial charge is 0.282 e. The molecule has 7 nitrogen and oxygen atoms in total. The Morgan fingerprint density at radius 3 is 2.74 bits per heavy atom. The zero-order valence-corrected chi connectivity index (χ0v) is 17.9. The molecule has 0 fully saturated rings. The highest BCUT2D eigenvalue weighted by molar-refractivity contribution is 7.98. The Labute approximate surface area is 186 Å². The number of nitrogens with zero attached hydrogens (tertiary/aromatic N) is 5. The summed E-state index contributed by atoms with van der Waals surface area (Å²) in [6, 6.07) is 15.6. The molecule has 5 aromatic rings. The number of nitrogens with one attached hydrogen (secondary N) is 1. The van der Waals surface area contributed by atoms with Gasteiger partial charge >= 0.3 is 0 Å². The first-order chi connectivity index (χ1) is 15.2. The molecule has 9 heteroatoms. The minimum atomic E-state index is -0.187. The number of thioether (sulfide) groups is 1. The average molecular weight is 449 g/mol. The van der Waals surface area contributed by atoms with Crippen LogP contribution in [-0.4, -0.2) is 29.5 Å². The van der Waals surface area contributed by atoms with Crippen LogP contribution in [0.15, 0.2) is 70.9 Å². The van der Waals surface area contributed by atoms with E-state index in [0.29, 0.717) is 34.5 Å². The van der Waals surface area contributed by atoms with Crippen LogP contribution in [0.1, 0.15) is 11.4 Å². The fraction of sp³-hybridized carbons (Fsp3) is 0.136. The van der Waals surface area contributed by atoms with Gasteiger partial charge in [-0.1, -0.05) is 53.7 Å². The topological polar surface area (TPSA) is 89.3 Å². The molecule has 0 aliphatic carbocycles. The van der Waals surface area contributed by atoms with Gasteiger partial charge in [0.2, 0.25) is 0 Å². The number of benzene rings is 2. The predicted molar refractivity (Wildman–Crippen MR) is 122 cm³/mol. The van der Waals surface area contributed by atoms with Crippen LogP contribution in [0.2, 0.25) is 5.02 Å². The Bertz CT molecular complexity index is 1430. The molecule has 5 rings (SSSR count). The third-order valence-electron chi connectivity index (χ3n) is 4.86. The fourth-order valence-electron chi connectivity index (χ4n) is 3.36. The molecule has 0 atom stereocenters. The van der Waals surface area contributed by atoms with Gasteiger partial charge in [0.05, 0.1) is 16.8 Å². The first kappa shape index (κ1) is 19.7. The fourth-order valence-corrected chi connectivity index (χ4v) is 4.40. The van der Waals surface area contributed by atoms with E-state index in [1.807, 2.05) is 48.5 Å². The molecule has 0 aliphatic rings. The molecular formula is C22H17ClN6OS. The van der Waals surface area contributed by atoms with E-state index in [4.69, 9.17) is 11.6 Å². The SMILES string of the molecule is O=c1c2nccnc2nc(SCc2nc3cc(Cl)ccc3[nH]2)n1CCc1ccccc1. The van der Waals surface area contributed by atoms with Gasteiger partial charge < -0.3 is 4.98 Å². The Balaban J connectivity index is 1.47. The summed E-state index contributed by atoms with van der Waals surface area (Å²) in [6.45, 7) is 0.500. The number of hydrogen-bond acceptors (Lipinski definition) is 6. The lowest BCUT2D eigenvalue weighted by Crippen LogP contribution is -2.25. The third-order valence-corrected chi connectivity index (χ3v) is 6.08. The second kappa shape index (κ2) is 8.49. The lowest BCUT2D eigenvalue weighted by molar-refractivity contribution is 0.592. The van der Waals surface area contributed by atoms with Crippen molar-refractivity contribution in [2.75, 3.05) is 0 Å². The van der Waals surface area contributed by atoms with Crippen LogP contribution in [0.3, 0.4) is 0 Å². The van der Waals surface area contributed by atoms with E-state index in [2.05, 4.69) is 24.9 Å². The van der Waals surface area contributed by atoms with Crippen molar-refractivity contribution >= 4 is 45.6 Å². The van der Waals surface area contributed by atoms with Crippen molar-refractivity contribution in [1.82, 2.24) is 29.5 Å². The molecule has 3 heterocycles. The Kier molecular flexibility index (Phi) is 5.40. The van der Waals surface area contributed by atoms with E-state index in [-0.39, 0.29) is 11.1 Å². The molecule has 0 bridgehead atoms. The summed E-state index contributed by atoms with van der Waals surface area (Å²) in [5.74, 6) is 1.31. The molecule has 1 N–H and O–H groups in total. The van der Waals surface area contributed by atoms with Gasteiger partial charge in [-0.25, -0.2) is 19.9 Å². The Hall–Kier alpha value is -3.23. The molecule has 31 heavy (non-hydrogen) atoms. The van der Waals surface area contributed by atoms with E-state index in [0.717, 1.165) is 22.4 Å². The van der Waals surface area contributed by atoms with Gasteiger partial charge in [-0.3, -0.25) is 9.36 Å². The van der Waals surface area contributed by atoms with Crippen molar-refractivity contribution in [3.8, 4) is 0 Å². The highest BCUT2D eigenvalue weighted by Gasteiger charge is 2.14. The van der Waals surface area contributed by atoms with Gasteiger partial charge in [-0.05, 0) is 30.2 Å². The maximum atomic E-state index is 13.1. The zero-order valence-electron chi connectivity index (χ0n) is 16.3. The third kappa shape index (κ3) is 4.17. The maximum Gasteiger partial charge on any atom is 0.282 e. The lowest BCUT2D eigenvalue weighted by Gasteiger charge is -2.12. The summed E-state index contributed by atoms with van der Waals surface area (Å²) in [6.07, 6.45) is 3.77. The molecule has 0 amide bonds. The average Bonchev–Trinajstić information content (AvgIpc) is 3.20. The first-order valence-electron chi connectivity index (χ1n) is 9.70. The molecule has 0 radical (unpaired) electrons. The van der Waals surface area contributed by atoms with Crippen LogP contribution < -0.4 is 5.56 Å². The van der Waals surface area contributed by atoms with E-state index in [1.165, 1.54) is 18.0 Å². The Morgan fingerprint density at radius 1 is 1.03 bits per heavy atom. The number of imidazole rings is 1. The standard InChI is InChI=1S/C22H17ClN6OS/c23-15-6-7-16-17(12-15)27-18(26-16)13-31-22-28-20-19(24-9-10-25-20)21(30)29(22)11-8-14-4-2-1-3-5-14/h1-7,9-10,12H,8,11,13H2,(H,26,27). The molecule has 0 saturated heterocycles. The van der Waals surface area contributed by atoms with Crippen molar-refractivity contribution in [2.24, 2.45) is 0 Å². The number of rotatable bonds is 6. The van der Waals surface area contributed by atoms with Crippen LogP contribution in [0, 0.1) is 0 Å². The van der Waals surface area contributed by atoms with E-state index < -0.39 is 0 Å². The summed E-state index contributed by atoms with van der Waals surface area (Å²) in [4.78, 5) is 34.0. The van der Waals surface area contributed by atoms with Gasteiger partial charge in [0.1, 0.15) is 5.82 Å². The number of aryl methyl sites for hydroxylation is 1. The number of halogens is 1. The molecule has 0 aliphatic heterocycles. The van der Waals surface area contributed by atoms with Crippen molar-refractivity contribution in [1.29, 1.82) is 0 Å². The molecule has 3 aromatic heterocycles. The minimum Gasteiger partial charge on any atom is -0.341 e. The summed E-state index contributed by atoms with van der Waals surface area (Å²) in [7, 11) is 0. The van der Waals surface area contributed by atoms with Gasteiger partial charge in [0, 0.05) is 24.0 Å². The maximum absolute atomic E-state index is 13.1. The van der Waals surface area contributed by atoms with Gasteiger partial charge in [-0.2, -0.15) is 0 Å². The van der Waals surface area contributed by atoms with Gasteiger partial charge in [0.15, 0.2) is 16.3 Å². The first-order valence-corrected chi connectivity index (χ1v) is 11.1. The molecular weight excluding hydrogens is 432 g/mol. The van der Waals surface area contributed by atoms with Crippen molar-refractivity contribution in [3.63, 3.8) is 0 Å². The largest absolute Gasteiger partial charge is 0.341 e. The lowest BCUT2D eigenvalue weighted by atomic mass is 10.1. The zero-order chi connectivity index (χ0) is 21.2. The second-order valence-electron chi connectivity index (χ2n) is 6.95. The quantitative estimate of drug-likeness (QED) is 0.308. The summed E-state index contributed by atoms with van der Waals surface area (Å²) >= 11 is 7.50. The van der Waals surface area contributed by atoms with Crippen LogP contribution in [0.4, 0.5) is 0 Å². The van der Waals surface area contributed by atoms with Crippen molar-refractivity contribution in [3.05, 3.63) is 87.7 Å². The number of fused-ring (bicyclic) bond motifs is 2. The normalized spacial score (nSPS) is 11.4. The molecule has 0 saturated carbocycles. The minimum absolute atomic E-state index is 0.187. The van der Waals surface area contributed by atoms with Crippen molar-refractivity contribution in [2.45, 2.75) is 23.9 Å². The van der Waals surface area contributed by atoms with E-state index in [1.54, 1.807) is 10.8 Å². The summed E-state index contributed by atoms with van der Waals surface area (Å²) < 4.78 is 1.67. The monoisotopic (exact) mass is 448 g/mol. The van der Waals surface area contributed by atoms with Crippen LogP contribution in [0.5, 0.6) is 0 Å². The molecule has 0 unspecified atom stereocenters.